The van der Waals surface area contributed by atoms with E-state index in [4.69, 9.17) is 0 Å². The van der Waals surface area contributed by atoms with Gasteiger partial charge in [0.25, 0.3) is 0 Å². The maximum Gasteiger partial charge on any atom is 0.155 e. The Labute approximate surface area is 114 Å². The highest BCUT2D eigenvalue weighted by atomic mass is 16.1. The number of rotatable bonds is 5. The SMILES string of the molecule is CCNC(CC(C)(C)C(C)(C)C)C(=O)C(C)(C)C. The van der Waals surface area contributed by atoms with Crippen LogP contribution in [0.15, 0.2) is 0 Å². The van der Waals surface area contributed by atoms with Gasteiger partial charge in [0.15, 0.2) is 5.78 Å². The third kappa shape index (κ3) is 4.72. The summed E-state index contributed by atoms with van der Waals surface area (Å²) in [5, 5.41) is 3.37. The molecule has 0 aromatic carbocycles. The highest BCUT2D eigenvalue weighted by molar-refractivity contribution is 5.88. The first-order valence-corrected chi connectivity index (χ1v) is 7.10. The molecule has 2 nitrogen and oxygen atoms in total. The van der Waals surface area contributed by atoms with Gasteiger partial charge in [-0.25, -0.2) is 0 Å². The zero-order valence-electron chi connectivity index (χ0n) is 13.9. The quantitative estimate of drug-likeness (QED) is 0.803. The summed E-state index contributed by atoms with van der Waals surface area (Å²) in [6, 6.07) is -0.0378. The predicted molar refractivity (Wildman–Crippen MR) is 79.8 cm³/mol. The zero-order valence-corrected chi connectivity index (χ0v) is 13.9. The van der Waals surface area contributed by atoms with Gasteiger partial charge in [-0.3, -0.25) is 4.79 Å². The van der Waals surface area contributed by atoms with Crippen molar-refractivity contribution in [2.45, 2.75) is 74.8 Å². The molecule has 0 spiro atoms. The van der Waals surface area contributed by atoms with Gasteiger partial charge in [0.2, 0.25) is 0 Å². The number of ketones is 1. The van der Waals surface area contributed by atoms with E-state index in [1.807, 2.05) is 20.8 Å². The molecule has 0 aliphatic rings. The Kier molecular flexibility index (Phi) is 5.61. The van der Waals surface area contributed by atoms with Crippen molar-refractivity contribution in [3.05, 3.63) is 0 Å². The summed E-state index contributed by atoms with van der Waals surface area (Å²) in [4.78, 5) is 12.5. The summed E-state index contributed by atoms with van der Waals surface area (Å²) in [6.07, 6.45) is 0.889. The second kappa shape index (κ2) is 5.73. The van der Waals surface area contributed by atoms with Crippen molar-refractivity contribution >= 4 is 5.78 Å². The second-order valence-electron chi connectivity index (χ2n) is 8.06. The lowest BCUT2D eigenvalue weighted by Gasteiger charge is -2.42. The van der Waals surface area contributed by atoms with Crippen LogP contribution in [0.4, 0.5) is 0 Å². The lowest BCUT2D eigenvalue weighted by molar-refractivity contribution is -0.129. The lowest BCUT2D eigenvalue weighted by Crippen LogP contribution is -2.47. The summed E-state index contributed by atoms with van der Waals surface area (Å²) in [6.45, 7) is 20.2. The summed E-state index contributed by atoms with van der Waals surface area (Å²) >= 11 is 0. The maximum absolute atomic E-state index is 12.5. The average Bonchev–Trinajstić information content (AvgIpc) is 2.12. The minimum absolute atomic E-state index is 0.0378. The molecular weight excluding hydrogens is 222 g/mol. The molecule has 0 aliphatic heterocycles. The molecule has 0 heterocycles. The molecule has 2 heteroatoms. The molecule has 18 heavy (non-hydrogen) atoms. The Hall–Kier alpha value is -0.370. The van der Waals surface area contributed by atoms with E-state index in [0.29, 0.717) is 5.78 Å². The highest BCUT2D eigenvalue weighted by Crippen LogP contribution is 2.42. The van der Waals surface area contributed by atoms with Crippen LogP contribution in [0.2, 0.25) is 0 Å². The molecular formula is C16H33NO. The van der Waals surface area contributed by atoms with Crippen LogP contribution < -0.4 is 5.32 Å². The minimum atomic E-state index is -0.277. The van der Waals surface area contributed by atoms with Crippen molar-refractivity contribution < 1.29 is 4.79 Å². The van der Waals surface area contributed by atoms with Gasteiger partial charge < -0.3 is 5.32 Å². The van der Waals surface area contributed by atoms with Gasteiger partial charge in [-0.05, 0) is 23.8 Å². The lowest BCUT2D eigenvalue weighted by atomic mass is 9.65. The summed E-state index contributed by atoms with van der Waals surface area (Å²) in [5.74, 6) is 0.321. The monoisotopic (exact) mass is 255 g/mol. The van der Waals surface area contributed by atoms with Crippen LogP contribution in [0.3, 0.4) is 0 Å². The maximum atomic E-state index is 12.5. The minimum Gasteiger partial charge on any atom is -0.308 e. The molecule has 1 N–H and O–H groups in total. The Morgan fingerprint density at radius 1 is 1.00 bits per heavy atom. The van der Waals surface area contributed by atoms with E-state index in [-0.39, 0.29) is 22.3 Å². The number of carbonyl (C=O) groups is 1. The van der Waals surface area contributed by atoms with Gasteiger partial charge >= 0.3 is 0 Å². The predicted octanol–water partition coefficient (Wildman–Crippen LogP) is 4.04. The van der Waals surface area contributed by atoms with Crippen LogP contribution in [-0.2, 0) is 4.79 Å². The van der Waals surface area contributed by atoms with Crippen LogP contribution in [0.25, 0.3) is 0 Å². The molecule has 0 bridgehead atoms. The highest BCUT2D eigenvalue weighted by Gasteiger charge is 2.38. The van der Waals surface area contributed by atoms with Crippen LogP contribution in [-0.4, -0.2) is 18.4 Å². The van der Waals surface area contributed by atoms with Crippen molar-refractivity contribution in [1.82, 2.24) is 5.32 Å². The Morgan fingerprint density at radius 3 is 1.72 bits per heavy atom. The van der Waals surface area contributed by atoms with E-state index in [1.54, 1.807) is 0 Å². The van der Waals surface area contributed by atoms with Crippen LogP contribution in [0.5, 0.6) is 0 Å². The summed E-state index contributed by atoms with van der Waals surface area (Å²) < 4.78 is 0. The van der Waals surface area contributed by atoms with Crippen LogP contribution >= 0.6 is 0 Å². The standard InChI is InChI=1S/C16H33NO/c1-10-17-12(13(18)14(2,3)4)11-16(8,9)15(5,6)7/h12,17H,10-11H2,1-9H3. The Morgan fingerprint density at radius 2 is 1.44 bits per heavy atom. The van der Waals surface area contributed by atoms with Crippen molar-refractivity contribution in [3.63, 3.8) is 0 Å². The number of hydrogen-bond donors (Lipinski definition) is 1. The van der Waals surface area contributed by atoms with Gasteiger partial charge in [-0.1, -0.05) is 62.3 Å². The van der Waals surface area contributed by atoms with E-state index < -0.39 is 0 Å². The first-order chi connectivity index (χ1) is 7.83. The van der Waals surface area contributed by atoms with Gasteiger partial charge in [0, 0.05) is 5.41 Å². The third-order valence-electron chi connectivity index (χ3n) is 4.25. The second-order valence-corrected chi connectivity index (χ2v) is 8.06. The smallest absolute Gasteiger partial charge is 0.155 e. The van der Waals surface area contributed by atoms with Crippen molar-refractivity contribution in [1.29, 1.82) is 0 Å². The number of hydrogen-bond acceptors (Lipinski definition) is 2. The third-order valence-corrected chi connectivity index (χ3v) is 4.25. The molecule has 108 valence electrons. The fourth-order valence-electron chi connectivity index (χ4n) is 1.84. The van der Waals surface area contributed by atoms with Crippen LogP contribution in [0, 0.1) is 16.2 Å². The average molecular weight is 255 g/mol. The molecule has 0 radical (unpaired) electrons. The molecule has 0 rings (SSSR count). The van der Waals surface area contributed by atoms with Gasteiger partial charge in [0.1, 0.15) is 0 Å². The normalized spacial score (nSPS) is 15.6. The zero-order chi connectivity index (χ0) is 14.8. The Balaban J connectivity index is 5.01. The molecule has 0 amide bonds. The first kappa shape index (κ1) is 17.6. The van der Waals surface area contributed by atoms with Gasteiger partial charge in [-0.2, -0.15) is 0 Å². The topological polar surface area (TPSA) is 29.1 Å². The molecule has 1 atom stereocenters. The molecule has 0 aliphatic carbocycles. The van der Waals surface area contributed by atoms with E-state index in [0.717, 1.165) is 13.0 Å². The number of Topliss-reactive ketones (excluding diaryl/α,β-unsaturated/α-hetero) is 1. The number of likely N-dealkylation sites (N-methyl/N-ethyl adjacent to an activating group) is 1. The molecule has 0 saturated heterocycles. The molecule has 0 aromatic rings. The number of carbonyl (C=O) groups excluding carboxylic acids is 1. The summed E-state index contributed by atoms with van der Waals surface area (Å²) in [7, 11) is 0. The molecule has 0 aromatic heterocycles. The fourth-order valence-corrected chi connectivity index (χ4v) is 1.84. The largest absolute Gasteiger partial charge is 0.308 e. The molecule has 0 fully saturated rings. The van der Waals surface area contributed by atoms with Crippen molar-refractivity contribution in [2.75, 3.05) is 6.54 Å². The van der Waals surface area contributed by atoms with Crippen molar-refractivity contribution in [3.8, 4) is 0 Å². The van der Waals surface area contributed by atoms with Gasteiger partial charge in [-0.15, -0.1) is 0 Å². The summed E-state index contributed by atoms with van der Waals surface area (Å²) in [5.41, 5.74) is 0.0420. The van der Waals surface area contributed by atoms with E-state index in [2.05, 4.69) is 46.9 Å². The van der Waals surface area contributed by atoms with E-state index in [1.165, 1.54) is 0 Å². The fraction of sp³-hybridized carbons (Fsp3) is 0.938. The first-order valence-electron chi connectivity index (χ1n) is 7.10. The van der Waals surface area contributed by atoms with E-state index >= 15 is 0 Å². The van der Waals surface area contributed by atoms with Crippen LogP contribution in [0.1, 0.15) is 68.7 Å². The molecule has 0 saturated carbocycles. The van der Waals surface area contributed by atoms with Crippen molar-refractivity contribution in [2.24, 2.45) is 16.2 Å². The Bertz CT molecular complexity index is 278. The number of nitrogens with one attached hydrogen (secondary N) is 1. The van der Waals surface area contributed by atoms with E-state index in [9.17, 15) is 4.79 Å². The molecule has 1 unspecified atom stereocenters. The van der Waals surface area contributed by atoms with Gasteiger partial charge in [0.05, 0.1) is 6.04 Å².